The smallest absolute Gasteiger partial charge is 0.335 e. The van der Waals surface area contributed by atoms with Crippen molar-refractivity contribution in [3.63, 3.8) is 0 Å². The second kappa shape index (κ2) is 7.97. The number of esters is 1. The summed E-state index contributed by atoms with van der Waals surface area (Å²) in [4.78, 5) is 24.0. The zero-order valence-corrected chi connectivity index (χ0v) is 13.6. The lowest BCUT2D eigenvalue weighted by molar-refractivity contribution is -0.128. The van der Waals surface area contributed by atoms with Gasteiger partial charge in [-0.1, -0.05) is 6.58 Å². The minimum absolute atomic E-state index is 0.192. The molecule has 2 aromatic rings. The van der Waals surface area contributed by atoms with Crippen molar-refractivity contribution in [3.8, 4) is 17.2 Å². The molecule has 0 radical (unpaired) electrons. The van der Waals surface area contributed by atoms with E-state index in [0.717, 1.165) is 6.08 Å². The van der Waals surface area contributed by atoms with Gasteiger partial charge in [0.05, 0.1) is 19.3 Å². The average Bonchev–Trinajstić information content (AvgIpc) is 2.61. The number of benzene rings is 2. The van der Waals surface area contributed by atoms with Crippen molar-refractivity contribution in [3.05, 3.63) is 66.2 Å². The maximum Gasteiger partial charge on any atom is 0.335 e. The van der Waals surface area contributed by atoms with Gasteiger partial charge in [0, 0.05) is 17.7 Å². The van der Waals surface area contributed by atoms with Crippen LogP contribution in [-0.2, 0) is 4.79 Å². The average molecular weight is 326 g/mol. The molecule has 0 heterocycles. The highest BCUT2D eigenvalue weighted by molar-refractivity contribution is 6.10. The number of hydrogen-bond acceptors (Lipinski definition) is 5. The molecule has 0 aliphatic rings. The zero-order valence-electron chi connectivity index (χ0n) is 13.6. The molecule has 0 unspecified atom stereocenters. The lowest BCUT2D eigenvalue weighted by atomic mass is 10.0. The molecule has 0 atom stereocenters. The van der Waals surface area contributed by atoms with Crippen LogP contribution in [0.25, 0.3) is 0 Å². The Kier molecular flexibility index (Phi) is 5.73. The summed E-state index contributed by atoms with van der Waals surface area (Å²) >= 11 is 0. The maximum atomic E-state index is 12.7. The third-order valence-corrected chi connectivity index (χ3v) is 3.23. The number of methoxy groups -OCH3 is 1. The number of carbonyl (C=O) groups excluding carboxylic acids is 2. The van der Waals surface area contributed by atoms with Crippen molar-refractivity contribution in [2.45, 2.75) is 6.92 Å². The SMILES string of the molecule is C=CC(=O)Oc1ccc(C(=O)c2ccc(OC)cc2)c(OCC)c1. The number of ether oxygens (including phenoxy) is 3. The number of rotatable bonds is 7. The maximum absolute atomic E-state index is 12.7. The summed E-state index contributed by atoms with van der Waals surface area (Å²) < 4.78 is 15.7. The lowest BCUT2D eigenvalue weighted by Crippen LogP contribution is -2.07. The first kappa shape index (κ1) is 17.3. The molecule has 0 saturated carbocycles. The molecule has 0 aliphatic carbocycles. The van der Waals surface area contributed by atoms with Crippen LogP contribution >= 0.6 is 0 Å². The summed E-state index contributed by atoms with van der Waals surface area (Å²) in [5.74, 6) is 0.542. The normalized spacial score (nSPS) is 9.92. The fourth-order valence-electron chi connectivity index (χ4n) is 2.08. The van der Waals surface area contributed by atoms with Gasteiger partial charge >= 0.3 is 5.97 Å². The Hall–Kier alpha value is -3.08. The van der Waals surface area contributed by atoms with Crippen LogP contribution < -0.4 is 14.2 Å². The van der Waals surface area contributed by atoms with E-state index in [1.54, 1.807) is 43.5 Å². The van der Waals surface area contributed by atoms with Crippen LogP contribution in [0.4, 0.5) is 0 Å². The van der Waals surface area contributed by atoms with Gasteiger partial charge in [-0.3, -0.25) is 4.79 Å². The molecule has 2 rings (SSSR count). The zero-order chi connectivity index (χ0) is 17.5. The molecule has 2 aromatic carbocycles. The Bertz CT molecular complexity index is 747. The Morgan fingerprint density at radius 2 is 1.75 bits per heavy atom. The Morgan fingerprint density at radius 1 is 1.08 bits per heavy atom. The first-order valence-corrected chi connectivity index (χ1v) is 7.39. The molecule has 0 N–H and O–H groups in total. The minimum Gasteiger partial charge on any atom is -0.497 e. The van der Waals surface area contributed by atoms with Crippen molar-refractivity contribution >= 4 is 11.8 Å². The van der Waals surface area contributed by atoms with Gasteiger partial charge in [0.25, 0.3) is 0 Å². The molecular weight excluding hydrogens is 308 g/mol. The van der Waals surface area contributed by atoms with E-state index in [1.807, 2.05) is 6.92 Å². The molecule has 0 aliphatic heterocycles. The van der Waals surface area contributed by atoms with Crippen LogP contribution in [0.3, 0.4) is 0 Å². The number of ketones is 1. The fraction of sp³-hybridized carbons (Fsp3) is 0.158. The predicted octanol–water partition coefficient (Wildman–Crippen LogP) is 3.42. The van der Waals surface area contributed by atoms with Crippen LogP contribution in [0, 0.1) is 0 Å². The first-order chi connectivity index (χ1) is 11.6. The molecule has 0 saturated heterocycles. The van der Waals surface area contributed by atoms with Crippen LogP contribution in [0.2, 0.25) is 0 Å². The van der Waals surface area contributed by atoms with Crippen LogP contribution in [0.15, 0.2) is 55.1 Å². The topological polar surface area (TPSA) is 61.8 Å². The van der Waals surface area contributed by atoms with Gasteiger partial charge in [0.2, 0.25) is 0 Å². The summed E-state index contributed by atoms with van der Waals surface area (Å²) in [5.41, 5.74) is 0.896. The monoisotopic (exact) mass is 326 g/mol. The third-order valence-electron chi connectivity index (χ3n) is 3.23. The molecule has 0 spiro atoms. The first-order valence-electron chi connectivity index (χ1n) is 7.39. The van der Waals surface area contributed by atoms with Gasteiger partial charge in [-0.15, -0.1) is 0 Å². The van der Waals surface area contributed by atoms with E-state index in [4.69, 9.17) is 14.2 Å². The fourth-order valence-corrected chi connectivity index (χ4v) is 2.08. The molecule has 0 amide bonds. The van der Waals surface area contributed by atoms with Crippen LogP contribution in [-0.4, -0.2) is 25.5 Å². The molecule has 5 heteroatoms. The van der Waals surface area contributed by atoms with E-state index in [1.165, 1.54) is 6.07 Å². The Balaban J connectivity index is 2.34. The summed E-state index contributed by atoms with van der Waals surface area (Å²) in [6.07, 6.45) is 1.07. The summed E-state index contributed by atoms with van der Waals surface area (Å²) in [6, 6.07) is 11.4. The van der Waals surface area contributed by atoms with E-state index < -0.39 is 5.97 Å². The van der Waals surface area contributed by atoms with Crippen LogP contribution in [0.1, 0.15) is 22.8 Å². The Morgan fingerprint density at radius 3 is 2.33 bits per heavy atom. The highest BCUT2D eigenvalue weighted by atomic mass is 16.5. The largest absolute Gasteiger partial charge is 0.497 e. The molecule has 0 bridgehead atoms. The van der Waals surface area contributed by atoms with E-state index in [-0.39, 0.29) is 11.5 Å². The highest BCUT2D eigenvalue weighted by Crippen LogP contribution is 2.28. The summed E-state index contributed by atoms with van der Waals surface area (Å²) in [6.45, 7) is 5.53. The van der Waals surface area contributed by atoms with Crippen molar-refractivity contribution in [2.75, 3.05) is 13.7 Å². The highest BCUT2D eigenvalue weighted by Gasteiger charge is 2.16. The van der Waals surface area contributed by atoms with Gasteiger partial charge in [0.1, 0.15) is 17.2 Å². The van der Waals surface area contributed by atoms with E-state index in [9.17, 15) is 9.59 Å². The Labute approximate surface area is 140 Å². The third kappa shape index (κ3) is 4.01. The number of hydrogen-bond donors (Lipinski definition) is 0. The van der Waals surface area contributed by atoms with Gasteiger partial charge in [-0.05, 0) is 43.3 Å². The van der Waals surface area contributed by atoms with Gasteiger partial charge < -0.3 is 14.2 Å². The second-order valence-corrected chi connectivity index (χ2v) is 4.77. The van der Waals surface area contributed by atoms with Crippen molar-refractivity contribution in [1.82, 2.24) is 0 Å². The molecule has 24 heavy (non-hydrogen) atoms. The quantitative estimate of drug-likeness (QED) is 0.338. The molecule has 5 nitrogen and oxygen atoms in total. The molecule has 0 aromatic heterocycles. The van der Waals surface area contributed by atoms with E-state index in [0.29, 0.717) is 29.2 Å². The van der Waals surface area contributed by atoms with Crippen LogP contribution in [0.5, 0.6) is 17.2 Å². The minimum atomic E-state index is -0.577. The molecular formula is C19H18O5. The molecule has 0 fully saturated rings. The van der Waals surface area contributed by atoms with E-state index >= 15 is 0 Å². The lowest BCUT2D eigenvalue weighted by Gasteiger charge is -2.11. The predicted molar refractivity (Wildman–Crippen MR) is 89.9 cm³/mol. The van der Waals surface area contributed by atoms with Crippen molar-refractivity contribution in [1.29, 1.82) is 0 Å². The second-order valence-electron chi connectivity index (χ2n) is 4.77. The summed E-state index contributed by atoms with van der Waals surface area (Å²) in [7, 11) is 1.56. The molecule has 124 valence electrons. The van der Waals surface area contributed by atoms with Gasteiger partial charge in [-0.25, -0.2) is 4.79 Å². The van der Waals surface area contributed by atoms with Gasteiger partial charge in [-0.2, -0.15) is 0 Å². The van der Waals surface area contributed by atoms with Crippen molar-refractivity contribution < 1.29 is 23.8 Å². The summed E-state index contributed by atoms with van der Waals surface area (Å²) in [5, 5.41) is 0. The van der Waals surface area contributed by atoms with Gasteiger partial charge in [0.15, 0.2) is 5.78 Å². The van der Waals surface area contributed by atoms with Crippen molar-refractivity contribution in [2.24, 2.45) is 0 Å². The number of carbonyl (C=O) groups is 2. The van der Waals surface area contributed by atoms with E-state index in [2.05, 4.69) is 6.58 Å². The standard InChI is InChI=1S/C19H18O5/c1-4-18(20)24-15-10-11-16(17(12-15)23-5-2)19(21)13-6-8-14(22-3)9-7-13/h4,6-12H,1,5H2,2-3H3.